The van der Waals surface area contributed by atoms with E-state index in [0.29, 0.717) is 10.2 Å². The molecule has 0 aliphatic carbocycles. The summed E-state index contributed by atoms with van der Waals surface area (Å²) in [7, 11) is 1.47. The standard InChI is InChI=1S/C12H9BrO6/c1-18-9-3-8-5(2-7(9)13)10(14)6(4-19-8)11(15)12(16)17/h2-3,15H,4H2,1H3,(H,16,17)/b11-6-. The Kier molecular flexibility index (Phi) is 3.48. The summed E-state index contributed by atoms with van der Waals surface area (Å²) in [5.74, 6) is -2.37. The van der Waals surface area contributed by atoms with Gasteiger partial charge in [-0.15, -0.1) is 0 Å². The SMILES string of the molecule is COc1cc2c(cc1Br)C(=O)/C(=C(\O)C(=O)O)CO2. The fourth-order valence-corrected chi connectivity index (χ4v) is 2.18. The predicted octanol–water partition coefficient (Wildman–Crippen LogP) is 1.93. The highest BCUT2D eigenvalue weighted by atomic mass is 79.9. The van der Waals surface area contributed by atoms with Gasteiger partial charge in [0.1, 0.15) is 18.1 Å². The lowest BCUT2D eigenvalue weighted by molar-refractivity contribution is -0.135. The first-order chi connectivity index (χ1) is 8.95. The Bertz CT molecular complexity index is 604. The van der Waals surface area contributed by atoms with Crippen LogP contribution in [0.25, 0.3) is 0 Å². The number of benzene rings is 1. The van der Waals surface area contributed by atoms with E-state index < -0.39 is 17.5 Å². The second-order valence-electron chi connectivity index (χ2n) is 3.73. The average molecular weight is 329 g/mol. The van der Waals surface area contributed by atoms with Crippen LogP contribution in [0.15, 0.2) is 27.9 Å². The molecule has 0 unspecified atom stereocenters. The quantitative estimate of drug-likeness (QED) is 0.636. The van der Waals surface area contributed by atoms with Crippen LogP contribution in [0.4, 0.5) is 0 Å². The van der Waals surface area contributed by atoms with Crippen LogP contribution in [0.3, 0.4) is 0 Å². The minimum Gasteiger partial charge on any atom is -0.501 e. The summed E-state index contributed by atoms with van der Waals surface area (Å²) >= 11 is 3.22. The van der Waals surface area contributed by atoms with Gasteiger partial charge in [-0.1, -0.05) is 0 Å². The maximum absolute atomic E-state index is 12.1. The van der Waals surface area contributed by atoms with Gasteiger partial charge in [0, 0.05) is 6.07 Å². The lowest BCUT2D eigenvalue weighted by atomic mass is 9.99. The highest BCUT2D eigenvalue weighted by Gasteiger charge is 2.29. The molecule has 2 N–H and O–H groups in total. The van der Waals surface area contributed by atoms with E-state index in [1.165, 1.54) is 19.2 Å². The van der Waals surface area contributed by atoms with Crippen molar-refractivity contribution in [1.29, 1.82) is 0 Å². The third-order valence-electron chi connectivity index (χ3n) is 2.63. The van der Waals surface area contributed by atoms with Gasteiger partial charge in [-0.05, 0) is 22.0 Å². The molecule has 100 valence electrons. The van der Waals surface area contributed by atoms with Crippen molar-refractivity contribution in [2.45, 2.75) is 0 Å². The van der Waals surface area contributed by atoms with E-state index in [1.807, 2.05) is 0 Å². The van der Waals surface area contributed by atoms with Gasteiger partial charge in [0.15, 0.2) is 5.78 Å². The zero-order valence-corrected chi connectivity index (χ0v) is 11.4. The van der Waals surface area contributed by atoms with Gasteiger partial charge in [0.2, 0.25) is 5.76 Å². The zero-order valence-electron chi connectivity index (χ0n) is 9.77. The molecular weight excluding hydrogens is 320 g/mol. The maximum Gasteiger partial charge on any atom is 0.371 e. The number of halogens is 1. The van der Waals surface area contributed by atoms with Crippen molar-refractivity contribution in [3.8, 4) is 11.5 Å². The van der Waals surface area contributed by atoms with Crippen molar-refractivity contribution in [1.82, 2.24) is 0 Å². The Hall–Kier alpha value is -2.02. The number of carboxylic acids is 1. The molecule has 0 radical (unpaired) electrons. The molecule has 0 aromatic heterocycles. The van der Waals surface area contributed by atoms with E-state index >= 15 is 0 Å². The van der Waals surface area contributed by atoms with Crippen molar-refractivity contribution >= 4 is 27.7 Å². The molecule has 0 bridgehead atoms. The second-order valence-corrected chi connectivity index (χ2v) is 4.59. The van der Waals surface area contributed by atoms with Crippen LogP contribution >= 0.6 is 15.9 Å². The van der Waals surface area contributed by atoms with Crippen molar-refractivity contribution in [3.63, 3.8) is 0 Å². The van der Waals surface area contributed by atoms with Crippen LogP contribution in [-0.4, -0.2) is 35.7 Å². The molecule has 19 heavy (non-hydrogen) atoms. The number of fused-ring (bicyclic) bond motifs is 1. The Morgan fingerprint density at radius 1 is 1.42 bits per heavy atom. The molecule has 2 rings (SSSR count). The van der Waals surface area contributed by atoms with Gasteiger partial charge in [0.05, 0.1) is 22.7 Å². The fraction of sp³-hybridized carbons (Fsp3) is 0.167. The van der Waals surface area contributed by atoms with Crippen LogP contribution in [0, 0.1) is 0 Å². The minimum atomic E-state index is -1.57. The first-order valence-corrected chi connectivity index (χ1v) is 5.95. The molecule has 1 aromatic rings. The van der Waals surface area contributed by atoms with Gasteiger partial charge in [-0.25, -0.2) is 4.79 Å². The predicted molar refractivity (Wildman–Crippen MR) is 67.8 cm³/mol. The van der Waals surface area contributed by atoms with E-state index in [-0.39, 0.29) is 23.5 Å². The summed E-state index contributed by atoms with van der Waals surface area (Å²) in [6.07, 6.45) is 0. The van der Waals surface area contributed by atoms with Crippen LogP contribution in [0.5, 0.6) is 11.5 Å². The van der Waals surface area contributed by atoms with Crippen molar-refractivity contribution in [3.05, 3.63) is 33.5 Å². The molecule has 6 nitrogen and oxygen atoms in total. The lowest BCUT2D eigenvalue weighted by Crippen LogP contribution is -2.23. The molecular formula is C12H9BrO6. The van der Waals surface area contributed by atoms with Crippen LogP contribution in [-0.2, 0) is 4.79 Å². The van der Waals surface area contributed by atoms with Crippen molar-refractivity contribution < 1.29 is 29.3 Å². The molecule has 0 spiro atoms. The molecule has 0 atom stereocenters. The van der Waals surface area contributed by atoms with Crippen LogP contribution in [0.2, 0.25) is 0 Å². The van der Waals surface area contributed by atoms with Crippen molar-refractivity contribution in [2.75, 3.05) is 13.7 Å². The van der Waals surface area contributed by atoms with Gasteiger partial charge < -0.3 is 19.7 Å². The molecule has 1 aromatic carbocycles. The number of Topliss-reactive ketones (excluding diaryl/α,β-unsaturated/α-hetero) is 1. The number of carbonyl (C=O) groups excluding carboxylic acids is 1. The highest BCUT2D eigenvalue weighted by Crippen LogP contribution is 2.36. The van der Waals surface area contributed by atoms with E-state index in [1.54, 1.807) is 0 Å². The third kappa shape index (κ3) is 2.28. The topological polar surface area (TPSA) is 93.1 Å². The summed E-state index contributed by atoms with van der Waals surface area (Å²) in [5.41, 5.74) is -0.112. The van der Waals surface area contributed by atoms with E-state index in [0.717, 1.165) is 0 Å². The summed E-state index contributed by atoms with van der Waals surface area (Å²) in [6, 6.07) is 2.98. The Morgan fingerprint density at radius 3 is 2.68 bits per heavy atom. The Morgan fingerprint density at radius 2 is 2.11 bits per heavy atom. The summed E-state index contributed by atoms with van der Waals surface area (Å²) in [5, 5.41) is 18.1. The lowest BCUT2D eigenvalue weighted by Gasteiger charge is -2.20. The number of aliphatic hydroxyl groups excluding tert-OH is 1. The Labute approximate surface area is 116 Å². The van der Waals surface area contributed by atoms with Crippen LogP contribution in [0.1, 0.15) is 10.4 Å². The molecule has 1 heterocycles. The monoisotopic (exact) mass is 328 g/mol. The number of hydrogen-bond acceptors (Lipinski definition) is 5. The molecule has 1 aliphatic rings. The number of carboxylic acid groups (broad SMARTS) is 1. The van der Waals surface area contributed by atoms with Gasteiger partial charge >= 0.3 is 5.97 Å². The van der Waals surface area contributed by atoms with Gasteiger partial charge in [-0.2, -0.15) is 0 Å². The number of aliphatic hydroxyl groups is 1. The average Bonchev–Trinajstić information content (AvgIpc) is 2.38. The van der Waals surface area contributed by atoms with Gasteiger partial charge in [-0.3, -0.25) is 4.79 Å². The molecule has 1 aliphatic heterocycles. The normalized spacial score (nSPS) is 16.4. The minimum absolute atomic E-state index is 0.168. The van der Waals surface area contributed by atoms with Gasteiger partial charge in [0.25, 0.3) is 0 Å². The number of hydrogen-bond donors (Lipinski definition) is 2. The Balaban J connectivity index is 2.54. The number of methoxy groups -OCH3 is 1. The zero-order chi connectivity index (χ0) is 14.2. The maximum atomic E-state index is 12.1. The highest BCUT2D eigenvalue weighted by molar-refractivity contribution is 9.10. The largest absolute Gasteiger partial charge is 0.501 e. The molecule has 0 amide bonds. The summed E-state index contributed by atoms with van der Waals surface area (Å²) in [6.45, 7) is -0.297. The number of ether oxygens (including phenoxy) is 2. The molecule has 7 heteroatoms. The van der Waals surface area contributed by atoms with E-state index in [4.69, 9.17) is 14.6 Å². The molecule has 0 saturated heterocycles. The fourth-order valence-electron chi connectivity index (χ4n) is 1.67. The van der Waals surface area contributed by atoms with Crippen LogP contribution < -0.4 is 9.47 Å². The second kappa shape index (κ2) is 4.93. The number of carbonyl (C=O) groups is 2. The summed E-state index contributed by atoms with van der Waals surface area (Å²) < 4.78 is 10.9. The smallest absolute Gasteiger partial charge is 0.371 e. The van der Waals surface area contributed by atoms with E-state index in [9.17, 15) is 14.7 Å². The first kappa shape index (κ1) is 13.4. The first-order valence-electron chi connectivity index (χ1n) is 5.16. The molecule has 0 saturated carbocycles. The number of ketones is 1. The summed E-state index contributed by atoms with van der Waals surface area (Å²) in [4.78, 5) is 22.8. The number of aliphatic carboxylic acids is 1. The number of rotatable bonds is 2. The third-order valence-corrected chi connectivity index (χ3v) is 3.25. The molecule has 0 fully saturated rings. The van der Waals surface area contributed by atoms with Crippen molar-refractivity contribution in [2.24, 2.45) is 0 Å². The van der Waals surface area contributed by atoms with E-state index in [2.05, 4.69) is 15.9 Å².